The molecule has 3 amide bonds. The molecule has 15 rings (SSSR count). The molecule has 82 heavy (non-hydrogen) atoms. The van der Waals surface area contributed by atoms with Gasteiger partial charge in [0, 0.05) is 149 Å². The fourth-order valence-electron chi connectivity index (χ4n) is 10.0. The normalized spacial score (nSPS) is 12.7. The summed E-state index contributed by atoms with van der Waals surface area (Å²) in [6, 6.07) is 39.5. The van der Waals surface area contributed by atoms with E-state index < -0.39 is 7.12 Å². The van der Waals surface area contributed by atoms with Crippen molar-refractivity contribution >= 4 is 114 Å². The smallest absolute Gasteiger partial charge is 0.423 e. The van der Waals surface area contributed by atoms with E-state index in [1.54, 1.807) is 42.9 Å². The van der Waals surface area contributed by atoms with E-state index in [2.05, 4.69) is 61.8 Å². The Hall–Kier alpha value is -9.08. The number of benzene rings is 6. The minimum atomic E-state index is -1.48. The number of hydrogen-bond acceptors (Lipinski definition) is 11. The second-order valence-electron chi connectivity index (χ2n) is 18.9. The number of rotatable bonds is 6. The zero-order valence-corrected chi connectivity index (χ0v) is 46.5. The molecule has 0 saturated heterocycles. The number of carbonyl (C=O) groups is 3. The van der Waals surface area contributed by atoms with Gasteiger partial charge in [-0.25, -0.2) is 29.9 Å². The van der Waals surface area contributed by atoms with Crippen LogP contribution in [0.15, 0.2) is 188 Å². The number of hydrogen-bond donors (Lipinski definition) is 5. The second-order valence-corrected chi connectivity index (χ2v) is 21.0. The molecule has 0 atom stereocenters. The van der Waals surface area contributed by atoms with Crippen molar-refractivity contribution in [2.75, 3.05) is 0 Å². The quantitative estimate of drug-likeness (QED) is 0.0986. The lowest BCUT2D eigenvalue weighted by Crippen LogP contribution is -2.30. The van der Waals surface area contributed by atoms with Gasteiger partial charge in [0.25, 0.3) is 17.7 Å². The van der Waals surface area contributed by atoms with E-state index in [0.29, 0.717) is 40.2 Å². The molecule has 3 aliphatic heterocycles. The zero-order chi connectivity index (χ0) is 56.6. The fraction of sp³-hybridized carbons (Fsp3) is 0.0500. The maximum absolute atomic E-state index is 11.8. The highest BCUT2D eigenvalue weighted by molar-refractivity contribution is 9.10. The monoisotopic (exact) mass is 1200 g/mol. The summed E-state index contributed by atoms with van der Waals surface area (Å²) in [5.41, 5.74) is 14.7. The van der Waals surface area contributed by atoms with Gasteiger partial charge in [0.1, 0.15) is 35.9 Å². The molecule has 6 aromatic carbocycles. The van der Waals surface area contributed by atoms with Crippen molar-refractivity contribution in [2.24, 2.45) is 0 Å². The predicted octanol–water partition coefficient (Wildman–Crippen LogP) is 10.4. The van der Waals surface area contributed by atoms with Crippen LogP contribution < -0.4 is 21.4 Å². The summed E-state index contributed by atoms with van der Waals surface area (Å²) in [6.07, 6.45) is 16.0. The third kappa shape index (κ3) is 10.4. The Balaban J connectivity index is 0.000000113. The first kappa shape index (κ1) is 53.6. The average molecular weight is 1210 g/mol. The highest BCUT2D eigenvalue weighted by Crippen LogP contribution is 2.38. The summed E-state index contributed by atoms with van der Waals surface area (Å²) < 4.78 is 6.96. The topological polar surface area (TPSA) is 220 Å². The molecule has 17 nitrogen and oxygen atoms in total. The first-order chi connectivity index (χ1) is 39.9. The summed E-state index contributed by atoms with van der Waals surface area (Å²) >= 11 is 21.9. The first-order valence-electron chi connectivity index (χ1n) is 25.3. The molecule has 0 spiro atoms. The van der Waals surface area contributed by atoms with Gasteiger partial charge in [-0.05, 0) is 105 Å². The van der Waals surface area contributed by atoms with Crippen molar-refractivity contribution in [2.45, 2.75) is 19.6 Å². The van der Waals surface area contributed by atoms with Gasteiger partial charge in [-0.2, -0.15) is 0 Å². The zero-order valence-electron chi connectivity index (χ0n) is 42.7. The standard InChI is InChI=1S/2C20H13ClN4O.C14H9BrN4O.C6H6BClO2/c2*21-18-4-2-1-3-15(18)17-10-25(19-16(17)9-22-11-24-19)13-5-6-14-12(7-13)8-23-20(14)26;15-12-6-19(13-11(12)5-16-7-18-13)9-1-2-10-8(3-9)4-17-14(10)20;8-6-4-2-1-3-5(6)7(9)10/h2*1-7,9-11H,8H2,(H,23,26);1-3,5-7H,4H2,(H,17,20);1-4,9-10H. The number of nitrogens with zero attached hydrogens (tertiary/aromatic N) is 9. The van der Waals surface area contributed by atoms with Crippen molar-refractivity contribution in [3.8, 4) is 39.3 Å². The van der Waals surface area contributed by atoms with Crippen LogP contribution >= 0.6 is 50.7 Å². The maximum Gasteiger partial charge on any atom is 0.489 e. The van der Waals surface area contributed by atoms with Crippen molar-refractivity contribution in [3.63, 3.8) is 0 Å². The van der Waals surface area contributed by atoms with E-state index in [1.807, 2.05) is 135 Å². The molecule has 12 aromatic rings. The molecule has 22 heteroatoms. The maximum atomic E-state index is 11.8. The Labute approximate surface area is 490 Å². The number of nitrogens with one attached hydrogen (secondary N) is 3. The summed E-state index contributed by atoms with van der Waals surface area (Å²) in [5, 5.41) is 30.4. The van der Waals surface area contributed by atoms with Gasteiger partial charge >= 0.3 is 7.12 Å². The van der Waals surface area contributed by atoms with E-state index in [9.17, 15) is 14.4 Å². The molecule has 5 N–H and O–H groups in total. The van der Waals surface area contributed by atoms with Crippen LogP contribution in [0.4, 0.5) is 0 Å². The van der Waals surface area contributed by atoms with E-state index in [4.69, 9.17) is 44.9 Å². The Kier molecular flexibility index (Phi) is 14.9. The van der Waals surface area contributed by atoms with Gasteiger partial charge in [-0.15, -0.1) is 0 Å². The summed E-state index contributed by atoms with van der Waals surface area (Å²) in [5.74, 6) is -0.0570. The fourth-order valence-corrected chi connectivity index (χ4v) is 11.2. The molecule has 0 saturated carbocycles. The van der Waals surface area contributed by atoms with Gasteiger partial charge in [0.2, 0.25) is 0 Å². The molecule has 402 valence electrons. The van der Waals surface area contributed by atoms with Crippen LogP contribution in [-0.4, -0.2) is 78.5 Å². The van der Waals surface area contributed by atoms with Gasteiger partial charge in [0.15, 0.2) is 0 Å². The van der Waals surface area contributed by atoms with Crippen molar-refractivity contribution < 1.29 is 24.4 Å². The minimum Gasteiger partial charge on any atom is -0.423 e. The van der Waals surface area contributed by atoms with Crippen molar-refractivity contribution in [1.82, 2.24) is 59.6 Å². The summed E-state index contributed by atoms with van der Waals surface area (Å²) in [4.78, 5) is 60.8. The van der Waals surface area contributed by atoms with E-state index >= 15 is 0 Å². The number of aromatic nitrogens is 9. The Morgan fingerprint density at radius 1 is 0.439 bits per heavy atom. The van der Waals surface area contributed by atoms with Crippen LogP contribution in [0.25, 0.3) is 72.4 Å². The van der Waals surface area contributed by atoms with E-state index in [0.717, 1.165) is 110 Å². The highest BCUT2D eigenvalue weighted by Gasteiger charge is 2.24. The highest BCUT2D eigenvalue weighted by atomic mass is 79.9. The van der Waals surface area contributed by atoms with Crippen LogP contribution in [0.3, 0.4) is 0 Å². The number of fused-ring (bicyclic) bond motifs is 6. The molecule has 3 aliphatic rings. The van der Waals surface area contributed by atoms with Crippen LogP contribution in [-0.2, 0) is 19.6 Å². The van der Waals surface area contributed by atoms with Gasteiger partial charge in [-0.1, -0.05) is 89.4 Å². The van der Waals surface area contributed by atoms with E-state index in [1.165, 1.54) is 19.0 Å². The Morgan fingerprint density at radius 2 is 0.805 bits per heavy atom. The molecular formula is C60H41BBrCl3N12O5. The Bertz CT molecular complexity index is 4330. The summed E-state index contributed by atoms with van der Waals surface area (Å²) in [7, 11) is -1.48. The third-order valence-corrected chi connectivity index (χ3v) is 15.7. The van der Waals surface area contributed by atoms with Crippen LogP contribution in [0.5, 0.6) is 0 Å². The lowest BCUT2D eigenvalue weighted by Gasteiger charge is -2.06. The van der Waals surface area contributed by atoms with Crippen LogP contribution in [0.2, 0.25) is 15.1 Å². The number of amides is 3. The molecule has 0 bridgehead atoms. The average Bonchev–Trinajstić information content (AvgIpc) is 4.44. The SMILES string of the molecule is O=C1NCc2cc(-n3cc(-c4ccccc4Cl)c4cncnc43)ccc21.O=C1NCc2cc(-n3cc(-c4ccccc4Cl)c4cncnc43)ccc21.O=C1NCc2cc(-n3cc(Br)c4cncnc43)ccc21.OB(O)c1ccccc1Cl. The van der Waals surface area contributed by atoms with E-state index in [-0.39, 0.29) is 17.7 Å². The van der Waals surface area contributed by atoms with Gasteiger partial charge in [0.05, 0.1) is 5.39 Å². The Morgan fingerprint density at radius 3 is 1.20 bits per heavy atom. The van der Waals surface area contributed by atoms with Gasteiger partial charge < -0.3 is 39.7 Å². The number of carbonyl (C=O) groups excluding carboxylic acids is 3. The van der Waals surface area contributed by atoms with Crippen LogP contribution in [0.1, 0.15) is 47.8 Å². The molecular weight excluding hydrogens is 1170 g/mol. The third-order valence-electron chi connectivity index (χ3n) is 14.0. The lowest BCUT2D eigenvalue weighted by molar-refractivity contribution is 0.0957. The van der Waals surface area contributed by atoms with Gasteiger partial charge in [-0.3, -0.25) is 14.4 Å². The molecule has 0 unspecified atom stereocenters. The van der Waals surface area contributed by atoms with Crippen molar-refractivity contribution in [1.29, 1.82) is 0 Å². The first-order valence-corrected chi connectivity index (χ1v) is 27.3. The molecule has 0 fully saturated rings. The number of halogens is 4. The lowest BCUT2D eigenvalue weighted by atomic mass is 9.80. The molecule has 9 heterocycles. The second kappa shape index (κ2) is 22.8. The minimum absolute atomic E-state index is 0.00702. The molecule has 0 radical (unpaired) electrons. The largest absolute Gasteiger partial charge is 0.489 e. The molecule has 0 aliphatic carbocycles. The van der Waals surface area contributed by atoms with Crippen molar-refractivity contribution in [3.05, 3.63) is 236 Å². The predicted molar refractivity (Wildman–Crippen MR) is 320 cm³/mol. The molecule has 6 aromatic heterocycles. The summed E-state index contributed by atoms with van der Waals surface area (Å²) in [6.45, 7) is 1.68. The van der Waals surface area contributed by atoms with Crippen LogP contribution in [0, 0.1) is 0 Å².